The van der Waals surface area contributed by atoms with Crippen molar-refractivity contribution >= 4 is 17.9 Å². The fraction of sp³-hybridized carbons (Fsp3) is 0.600. The van der Waals surface area contributed by atoms with Crippen LogP contribution in [-0.2, 0) is 0 Å². The third kappa shape index (κ3) is 6.68. The van der Waals surface area contributed by atoms with E-state index in [1.807, 2.05) is 0 Å². The zero-order valence-electron chi connectivity index (χ0n) is 6.01. The fourth-order valence-electron chi connectivity index (χ4n) is 0.346. The zero-order valence-corrected chi connectivity index (χ0v) is 8.76. The van der Waals surface area contributed by atoms with E-state index >= 15 is 0 Å². The fourth-order valence-corrected chi connectivity index (χ4v) is 0.466. The molecule has 0 rings (SSSR count). The second kappa shape index (κ2) is 7.66. The second-order valence-corrected chi connectivity index (χ2v) is 1.98. The molecule has 0 aromatic rings. The van der Waals surface area contributed by atoms with Crippen LogP contribution < -0.4 is 29.6 Å². The minimum absolute atomic E-state index is 0. The summed E-state index contributed by atoms with van der Waals surface area (Å²) in [5.41, 5.74) is 0. The van der Waals surface area contributed by atoms with Crippen molar-refractivity contribution in [1.82, 2.24) is 4.42 Å². The summed E-state index contributed by atoms with van der Waals surface area (Å²) < 4.78 is 0.727. The molecule has 54 valence electrons. The van der Waals surface area contributed by atoms with Crippen LogP contribution in [0.2, 0.25) is 0 Å². The number of carbonyl (C=O) groups is 1. The molecule has 0 atom stereocenters. The smallest absolute Gasteiger partial charge is 0.464 e. The average Bonchev–Trinajstić information content (AvgIpc) is 1.82. The number of hydrogen-bond donors (Lipinski definition) is 1. The van der Waals surface area contributed by atoms with Crippen LogP contribution in [0.4, 0.5) is 4.79 Å². The topological polar surface area (TPSA) is 40.5 Å². The summed E-state index contributed by atoms with van der Waals surface area (Å²) in [6.07, 6.45) is 0.303. The van der Waals surface area contributed by atoms with E-state index in [9.17, 15) is 4.79 Å². The number of rotatable bonds is 3. The zero-order chi connectivity index (χ0) is 7.28. The van der Waals surface area contributed by atoms with Crippen molar-refractivity contribution in [3.63, 3.8) is 0 Å². The number of amides is 1. The van der Waals surface area contributed by atoms with Gasteiger partial charge in [0.2, 0.25) is 0 Å². The average molecular weight is 174 g/mol. The molecule has 0 heterocycles. The molecule has 1 amide bonds. The molecular formula is C5H9ClNNaO2. The molecule has 0 saturated heterocycles. The summed E-state index contributed by atoms with van der Waals surface area (Å²) in [4.78, 5) is 9.98. The Morgan fingerprint density at radius 3 is 2.50 bits per heavy atom. The van der Waals surface area contributed by atoms with Gasteiger partial charge in [0.1, 0.15) is 0 Å². The van der Waals surface area contributed by atoms with E-state index in [0.29, 0.717) is 19.4 Å². The molecule has 0 fully saturated rings. The van der Waals surface area contributed by atoms with Crippen LogP contribution in [-0.4, -0.2) is 22.2 Å². The molecule has 5 heteroatoms. The molecule has 0 aromatic heterocycles. The quantitative estimate of drug-likeness (QED) is 0.329. The first-order valence-corrected chi connectivity index (χ1v) is 2.97. The summed E-state index contributed by atoms with van der Waals surface area (Å²) >= 11 is 5.20. The Hall–Kier alpha value is 0.560. The van der Waals surface area contributed by atoms with E-state index in [1.54, 1.807) is 0 Å². The third-order valence-corrected chi connectivity index (χ3v) is 1.13. The molecule has 0 aliphatic heterocycles. The predicted molar refractivity (Wildman–Crippen MR) is 35.2 cm³/mol. The van der Waals surface area contributed by atoms with E-state index in [0.717, 1.165) is 4.42 Å². The van der Waals surface area contributed by atoms with E-state index in [-0.39, 0.29) is 29.6 Å². The Labute approximate surface area is 87.7 Å². The van der Waals surface area contributed by atoms with Gasteiger partial charge in [-0.2, -0.15) is 6.42 Å². The van der Waals surface area contributed by atoms with Crippen LogP contribution in [0.5, 0.6) is 0 Å². The first-order chi connectivity index (χ1) is 4.18. The Balaban J connectivity index is 0. The molecule has 0 aliphatic rings. The molecule has 0 unspecified atom stereocenters. The van der Waals surface area contributed by atoms with Gasteiger partial charge in [-0.3, -0.25) is 0 Å². The second-order valence-electron chi connectivity index (χ2n) is 1.58. The molecule has 1 N–H and O–H groups in total. The van der Waals surface area contributed by atoms with Crippen LogP contribution in [0.1, 0.15) is 12.8 Å². The molecule has 0 bridgehead atoms. The molecule has 0 spiro atoms. The standard InChI is InChI=1S/C5H9ClNO2.Na/c1-2-3-4-7(6)5(8)9;/h1-4H2,(H,8,9);/q-1;+1. The van der Waals surface area contributed by atoms with Gasteiger partial charge in [0.25, 0.3) is 0 Å². The molecule has 3 nitrogen and oxygen atoms in total. The van der Waals surface area contributed by atoms with Crippen LogP contribution in [0.15, 0.2) is 0 Å². The van der Waals surface area contributed by atoms with Crippen LogP contribution in [0.3, 0.4) is 0 Å². The maximum atomic E-state index is 9.98. The number of unbranched alkanes of at least 4 members (excludes halogenated alkanes) is 1. The number of carboxylic acid groups (broad SMARTS) is 1. The van der Waals surface area contributed by atoms with E-state index in [1.165, 1.54) is 0 Å². The van der Waals surface area contributed by atoms with E-state index in [4.69, 9.17) is 16.9 Å². The maximum Gasteiger partial charge on any atom is 1.00 e. The normalized spacial score (nSPS) is 8.20. The first-order valence-electron chi connectivity index (χ1n) is 2.64. The molecular weight excluding hydrogens is 165 g/mol. The summed E-state index contributed by atoms with van der Waals surface area (Å²) in [6.45, 7) is 3.89. The largest absolute Gasteiger partial charge is 1.00 e. The predicted octanol–water partition coefficient (Wildman–Crippen LogP) is -1.26. The van der Waals surface area contributed by atoms with Crippen molar-refractivity contribution in [2.24, 2.45) is 0 Å². The van der Waals surface area contributed by atoms with Gasteiger partial charge in [-0.1, -0.05) is 6.42 Å². The summed E-state index contributed by atoms with van der Waals surface area (Å²) in [5, 5.41) is 8.18. The van der Waals surface area contributed by atoms with Crippen molar-refractivity contribution in [3.8, 4) is 0 Å². The van der Waals surface area contributed by atoms with Crippen molar-refractivity contribution in [2.75, 3.05) is 6.54 Å². The minimum Gasteiger partial charge on any atom is -0.464 e. The minimum atomic E-state index is -1.11. The first kappa shape index (κ1) is 13.2. The van der Waals surface area contributed by atoms with Crippen molar-refractivity contribution in [3.05, 3.63) is 6.92 Å². The van der Waals surface area contributed by atoms with Crippen molar-refractivity contribution < 1.29 is 39.5 Å². The summed E-state index contributed by atoms with van der Waals surface area (Å²) in [7, 11) is 0. The van der Waals surface area contributed by atoms with Crippen LogP contribution >= 0.6 is 11.8 Å². The monoisotopic (exact) mass is 173 g/mol. The summed E-state index contributed by atoms with van der Waals surface area (Å²) in [6, 6.07) is 0. The third-order valence-electron chi connectivity index (χ3n) is 0.812. The van der Waals surface area contributed by atoms with E-state index in [2.05, 4.69) is 6.92 Å². The number of nitrogens with zero attached hydrogens (tertiary/aromatic N) is 1. The molecule has 10 heavy (non-hydrogen) atoms. The molecule has 0 aliphatic carbocycles. The van der Waals surface area contributed by atoms with Gasteiger partial charge in [0.15, 0.2) is 0 Å². The van der Waals surface area contributed by atoms with Gasteiger partial charge in [-0.05, 0) is 0 Å². The maximum absolute atomic E-state index is 9.98. The number of halogens is 1. The van der Waals surface area contributed by atoms with Gasteiger partial charge in [-0.25, -0.2) is 9.21 Å². The van der Waals surface area contributed by atoms with Gasteiger partial charge < -0.3 is 12.0 Å². The Morgan fingerprint density at radius 2 is 2.20 bits per heavy atom. The van der Waals surface area contributed by atoms with E-state index < -0.39 is 6.09 Å². The van der Waals surface area contributed by atoms with Crippen molar-refractivity contribution in [2.45, 2.75) is 12.8 Å². The molecule has 0 saturated carbocycles. The summed E-state index contributed by atoms with van der Waals surface area (Å²) in [5.74, 6) is 0. The van der Waals surface area contributed by atoms with Crippen LogP contribution in [0, 0.1) is 6.92 Å². The van der Waals surface area contributed by atoms with Gasteiger partial charge in [0, 0.05) is 18.3 Å². The van der Waals surface area contributed by atoms with Gasteiger partial charge in [0.05, 0.1) is 0 Å². The van der Waals surface area contributed by atoms with Gasteiger partial charge in [-0.15, -0.1) is 0 Å². The van der Waals surface area contributed by atoms with Crippen molar-refractivity contribution in [1.29, 1.82) is 0 Å². The number of hydrogen-bond acceptors (Lipinski definition) is 1. The Bertz CT molecular complexity index is 102. The molecule has 0 aromatic carbocycles. The molecule has 0 radical (unpaired) electrons. The van der Waals surface area contributed by atoms with Gasteiger partial charge >= 0.3 is 35.7 Å². The van der Waals surface area contributed by atoms with Crippen LogP contribution in [0.25, 0.3) is 0 Å². The Morgan fingerprint density at radius 1 is 1.70 bits per heavy atom. The Kier molecular flexibility index (Phi) is 10.1. The SMILES string of the molecule is [CH2-]CCCN(Cl)C(=O)O.[Na+].